The SMILES string of the molecule is CC1CCN(C(=O)n2[nH]c(=O)c3c(F)cc(F)cc32)CC1. The number of fused-ring (bicyclic) bond motifs is 1. The Kier molecular flexibility index (Phi) is 3.27. The molecule has 0 aliphatic carbocycles. The minimum absolute atomic E-state index is 0.0684. The lowest BCUT2D eigenvalue weighted by atomic mass is 10.00. The highest BCUT2D eigenvalue weighted by atomic mass is 19.1. The zero-order valence-electron chi connectivity index (χ0n) is 11.5. The summed E-state index contributed by atoms with van der Waals surface area (Å²) in [6.45, 7) is 3.25. The number of likely N-dealkylation sites (tertiary alicyclic amines) is 1. The van der Waals surface area contributed by atoms with Gasteiger partial charge in [-0.15, -0.1) is 0 Å². The molecule has 1 saturated heterocycles. The molecule has 1 fully saturated rings. The first-order chi connectivity index (χ1) is 9.97. The summed E-state index contributed by atoms with van der Waals surface area (Å²) in [7, 11) is 0. The Hall–Kier alpha value is -2.18. The molecule has 0 atom stereocenters. The van der Waals surface area contributed by atoms with Crippen LogP contribution in [0.2, 0.25) is 0 Å². The van der Waals surface area contributed by atoms with E-state index in [1.165, 1.54) is 0 Å². The van der Waals surface area contributed by atoms with E-state index in [1.54, 1.807) is 4.90 Å². The third-order valence-corrected chi connectivity index (χ3v) is 3.96. The highest BCUT2D eigenvalue weighted by Crippen LogP contribution is 2.20. The van der Waals surface area contributed by atoms with E-state index in [-0.39, 0.29) is 10.9 Å². The summed E-state index contributed by atoms with van der Waals surface area (Å²) in [5.41, 5.74) is -0.803. The first-order valence-corrected chi connectivity index (χ1v) is 6.86. The van der Waals surface area contributed by atoms with Crippen molar-refractivity contribution in [1.29, 1.82) is 0 Å². The number of aromatic nitrogens is 2. The van der Waals surface area contributed by atoms with E-state index in [9.17, 15) is 18.4 Å². The Morgan fingerprint density at radius 1 is 1.29 bits per heavy atom. The fourth-order valence-electron chi connectivity index (χ4n) is 2.67. The molecular formula is C14H15F2N3O2. The first kappa shape index (κ1) is 13.8. The average molecular weight is 295 g/mol. The van der Waals surface area contributed by atoms with Gasteiger partial charge < -0.3 is 4.90 Å². The lowest BCUT2D eigenvalue weighted by molar-refractivity contribution is 0.173. The third-order valence-electron chi connectivity index (χ3n) is 3.96. The second-order valence-corrected chi connectivity index (χ2v) is 5.51. The normalized spacial score (nSPS) is 16.6. The van der Waals surface area contributed by atoms with Crippen molar-refractivity contribution in [3.8, 4) is 0 Å². The van der Waals surface area contributed by atoms with Crippen molar-refractivity contribution in [2.45, 2.75) is 19.8 Å². The number of nitrogens with zero attached hydrogens (tertiary/aromatic N) is 2. The number of amides is 1. The Bertz CT molecular complexity index is 757. The van der Waals surface area contributed by atoms with E-state index in [1.807, 2.05) is 0 Å². The molecule has 0 saturated carbocycles. The zero-order chi connectivity index (χ0) is 15.1. The number of hydrogen-bond acceptors (Lipinski definition) is 2. The summed E-state index contributed by atoms with van der Waals surface area (Å²) in [6.07, 6.45) is 1.75. The van der Waals surface area contributed by atoms with Crippen LogP contribution in [-0.4, -0.2) is 33.8 Å². The fraction of sp³-hybridized carbons (Fsp3) is 0.429. The molecule has 1 aromatic carbocycles. The molecule has 0 radical (unpaired) electrons. The van der Waals surface area contributed by atoms with Gasteiger partial charge in [0.2, 0.25) is 0 Å². The van der Waals surface area contributed by atoms with Gasteiger partial charge in [-0.1, -0.05) is 6.92 Å². The van der Waals surface area contributed by atoms with E-state index < -0.39 is 23.2 Å². The summed E-state index contributed by atoms with van der Waals surface area (Å²) < 4.78 is 28.0. The molecule has 7 heteroatoms. The molecule has 5 nitrogen and oxygen atoms in total. The topological polar surface area (TPSA) is 58.1 Å². The number of piperidine rings is 1. The summed E-state index contributed by atoms with van der Waals surface area (Å²) in [6, 6.07) is 1.16. The second kappa shape index (κ2) is 4.98. The summed E-state index contributed by atoms with van der Waals surface area (Å²) in [5.74, 6) is -1.25. The minimum Gasteiger partial charge on any atom is -0.323 e. The van der Waals surface area contributed by atoms with Crippen molar-refractivity contribution in [3.05, 3.63) is 34.1 Å². The highest BCUT2D eigenvalue weighted by Gasteiger charge is 2.24. The predicted octanol–water partition coefficient (Wildman–Crippen LogP) is 2.31. The second-order valence-electron chi connectivity index (χ2n) is 5.51. The molecular weight excluding hydrogens is 280 g/mol. The molecule has 112 valence electrons. The van der Waals surface area contributed by atoms with Crippen LogP contribution in [0.4, 0.5) is 13.6 Å². The van der Waals surface area contributed by atoms with Crippen LogP contribution in [0.5, 0.6) is 0 Å². The van der Waals surface area contributed by atoms with Gasteiger partial charge >= 0.3 is 6.03 Å². The number of nitrogens with one attached hydrogen (secondary N) is 1. The van der Waals surface area contributed by atoms with E-state index in [4.69, 9.17) is 0 Å². The maximum Gasteiger partial charge on any atom is 0.343 e. The molecule has 2 aromatic rings. The van der Waals surface area contributed by atoms with Crippen LogP contribution in [0.3, 0.4) is 0 Å². The number of halogens is 2. The molecule has 1 aliphatic rings. The molecule has 21 heavy (non-hydrogen) atoms. The van der Waals surface area contributed by atoms with Gasteiger partial charge in [-0.2, -0.15) is 0 Å². The van der Waals surface area contributed by atoms with E-state index in [2.05, 4.69) is 12.0 Å². The molecule has 1 N–H and O–H groups in total. The van der Waals surface area contributed by atoms with Crippen LogP contribution in [0.25, 0.3) is 10.9 Å². The summed E-state index contributed by atoms with van der Waals surface area (Å²) in [4.78, 5) is 25.8. The van der Waals surface area contributed by atoms with Gasteiger partial charge in [-0.05, 0) is 18.8 Å². The van der Waals surface area contributed by atoms with Crippen LogP contribution in [-0.2, 0) is 0 Å². The standard InChI is InChI=1S/C14H15F2N3O2/c1-8-2-4-18(5-3-8)14(21)19-11-7-9(15)6-10(16)12(11)13(20)17-19/h6-8H,2-5H2,1H3,(H,17,20). The van der Waals surface area contributed by atoms with Gasteiger partial charge in [-0.25, -0.2) is 18.3 Å². The average Bonchev–Trinajstić information content (AvgIpc) is 2.76. The van der Waals surface area contributed by atoms with Crippen molar-refractivity contribution in [1.82, 2.24) is 14.7 Å². The van der Waals surface area contributed by atoms with Crippen LogP contribution in [0, 0.1) is 17.6 Å². The maximum atomic E-state index is 13.7. The van der Waals surface area contributed by atoms with Crippen LogP contribution in [0.15, 0.2) is 16.9 Å². The predicted molar refractivity (Wildman–Crippen MR) is 73.2 cm³/mol. The zero-order valence-corrected chi connectivity index (χ0v) is 11.5. The number of benzene rings is 1. The van der Waals surface area contributed by atoms with Gasteiger partial charge in [0, 0.05) is 25.2 Å². The van der Waals surface area contributed by atoms with E-state index in [0.717, 1.165) is 23.6 Å². The van der Waals surface area contributed by atoms with Gasteiger partial charge in [0.05, 0.1) is 5.52 Å². The molecule has 1 aromatic heterocycles. The van der Waals surface area contributed by atoms with Crippen molar-refractivity contribution >= 4 is 16.9 Å². The fourth-order valence-corrected chi connectivity index (χ4v) is 2.67. The third kappa shape index (κ3) is 2.32. The highest BCUT2D eigenvalue weighted by molar-refractivity contribution is 5.90. The smallest absolute Gasteiger partial charge is 0.323 e. The Labute approximate surface area is 119 Å². The Morgan fingerprint density at radius 2 is 1.95 bits per heavy atom. The maximum absolute atomic E-state index is 13.7. The number of carbonyl (C=O) groups is 1. The number of carbonyl (C=O) groups excluding carboxylic acids is 1. The van der Waals surface area contributed by atoms with E-state index >= 15 is 0 Å². The van der Waals surface area contributed by atoms with Crippen molar-refractivity contribution in [2.75, 3.05) is 13.1 Å². The number of hydrogen-bond donors (Lipinski definition) is 1. The van der Waals surface area contributed by atoms with Gasteiger partial charge in [0.25, 0.3) is 5.56 Å². The molecule has 1 amide bonds. The summed E-state index contributed by atoms with van der Waals surface area (Å²) in [5, 5.41) is 2.00. The van der Waals surface area contributed by atoms with Gasteiger partial charge in [-0.3, -0.25) is 9.89 Å². The lowest BCUT2D eigenvalue weighted by Crippen LogP contribution is -2.41. The van der Waals surface area contributed by atoms with Crippen molar-refractivity contribution < 1.29 is 13.6 Å². The van der Waals surface area contributed by atoms with Crippen LogP contribution in [0.1, 0.15) is 19.8 Å². The Morgan fingerprint density at radius 3 is 2.62 bits per heavy atom. The van der Waals surface area contributed by atoms with Gasteiger partial charge in [0.15, 0.2) is 0 Å². The first-order valence-electron chi connectivity index (χ1n) is 6.86. The number of aromatic amines is 1. The van der Waals surface area contributed by atoms with Crippen molar-refractivity contribution in [2.24, 2.45) is 5.92 Å². The number of rotatable bonds is 0. The minimum atomic E-state index is -0.968. The molecule has 1 aliphatic heterocycles. The molecule has 0 spiro atoms. The quantitative estimate of drug-likeness (QED) is 0.811. The molecule has 0 bridgehead atoms. The Balaban J connectivity index is 2.04. The van der Waals surface area contributed by atoms with Gasteiger partial charge in [0.1, 0.15) is 17.0 Å². The van der Waals surface area contributed by atoms with E-state index in [0.29, 0.717) is 25.1 Å². The molecule has 0 unspecified atom stereocenters. The largest absolute Gasteiger partial charge is 0.343 e. The van der Waals surface area contributed by atoms with Crippen LogP contribution < -0.4 is 5.56 Å². The molecule has 2 heterocycles. The summed E-state index contributed by atoms with van der Waals surface area (Å²) >= 11 is 0. The van der Waals surface area contributed by atoms with Crippen LogP contribution >= 0.6 is 0 Å². The lowest BCUT2D eigenvalue weighted by Gasteiger charge is -2.30. The number of H-pyrrole nitrogens is 1. The molecule has 3 rings (SSSR count). The van der Waals surface area contributed by atoms with Crippen molar-refractivity contribution in [3.63, 3.8) is 0 Å². The monoisotopic (exact) mass is 295 g/mol.